The number of hydrogen-bond donors (Lipinski definition) is 0. The minimum Gasteiger partial charge on any atom is -0.311 e. The first-order valence-electron chi connectivity index (χ1n) is 19.8. The molecule has 0 aliphatic rings. The predicted molar refractivity (Wildman–Crippen MR) is 251 cm³/mol. The van der Waals surface area contributed by atoms with Crippen molar-refractivity contribution in [2.24, 2.45) is 0 Å². The van der Waals surface area contributed by atoms with E-state index in [4.69, 9.17) is 0 Å². The highest BCUT2D eigenvalue weighted by atomic mass is 32.1. The van der Waals surface area contributed by atoms with Crippen molar-refractivity contribution < 1.29 is 0 Å². The van der Waals surface area contributed by atoms with Gasteiger partial charge in [-0.3, -0.25) is 0 Å². The van der Waals surface area contributed by atoms with Crippen LogP contribution in [-0.4, -0.2) is 0 Å². The molecule has 0 N–H and O–H groups in total. The van der Waals surface area contributed by atoms with E-state index >= 15 is 0 Å². The molecule has 0 spiro atoms. The molecule has 58 heavy (non-hydrogen) atoms. The van der Waals surface area contributed by atoms with Gasteiger partial charge in [0.05, 0.1) is 0 Å². The van der Waals surface area contributed by atoms with Crippen LogP contribution in [-0.2, 0) is 0 Å². The molecule has 11 rings (SSSR count). The van der Waals surface area contributed by atoms with E-state index in [-0.39, 0.29) is 0 Å². The Balaban J connectivity index is 0.964. The van der Waals surface area contributed by atoms with Gasteiger partial charge in [0.1, 0.15) is 0 Å². The van der Waals surface area contributed by atoms with Crippen molar-refractivity contribution in [1.29, 1.82) is 0 Å². The first-order chi connectivity index (χ1) is 28.7. The third-order valence-electron chi connectivity index (χ3n) is 11.5. The molecular weight excluding hydrogens is 719 g/mol. The molecule has 0 bridgehead atoms. The van der Waals surface area contributed by atoms with Crippen LogP contribution in [0.4, 0.5) is 17.1 Å². The summed E-state index contributed by atoms with van der Waals surface area (Å²) >= 11 is 1.86. The lowest BCUT2D eigenvalue weighted by Crippen LogP contribution is -2.09. The van der Waals surface area contributed by atoms with E-state index in [0.717, 1.165) is 17.1 Å². The lowest BCUT2D eigenvalue weighted by Gasteiger charge is -2.26. The Morgan fingerprint density at radius 1 is 0.276 bits per heavy atom. The zero-order valence-electron chi connectivity index (χ0n) is 31.7. The van der Waals surface area contributed by atoms with Crippen LogP contribution in [0.25, 0.3) is 86.2 Å². The van der Waals surface area contributed by atoms with Crippen molar-refractivity contribution in [1.82, 2.24) is 0 Å². The molecule has 0 atom stereocenters. The van der Waals surface area contributed by atoms with Crippen LogP contribution >= 0.6 is 11.3 Å². The third kappa shape index (κ3) is 6.21. The second-order valence-electron chi connectivity index (χ2n) is 15.0. The summed E-state index contributed by atoms with van der Waals surface area (Å²) in [5.74, 6) is 0. The van der Waals surface area contributed by atoms with E-state index in [0.29, 0.717) is 0 Å². The zero-order valence-corrected chi connectivity index (χ0v) is 32.5. The number of nitrogens with zero attached hydrogens (tertiary/aromatic N) is 1. The molecule has 0 aliphatic carbocycles. The molecule has 1 aromatic heterocycles. The summed E-state index contributed by atoms with van der Waals surface area (Å²) < 4.78 is 2.64. The molecule has 1 nitrogen and oxygen atoms in total. The van der Waals surface area contributed by atoms with Gasteiger partial charge < -0.3 is 4.90 Å². The molecule has 272 valence electrons. The Kier molecular flexibility index (Phi) is 8.42. The highest BCUT2D eigenvalue weighted by Crippen LogP contribution is 2.42. The van der Waals surface area contributed by atoms with Gasteiger partial charge in [0.2, 0.25) is 0 Å². The van der Waals surface area contributed by atoms with Gasteiger partial charge in [-0.25, -0.2) is 0 Å². The SMILES string of the molecule is c1cc(-c2ccc(N(c3ccc(-c4ccc5ccccc5c4)cc3)c3ccc(-c4cccc5sc6ccccc6c45)cc3)cc2)cc(-c2ccc3ccccc3c2)c1. The summed E-state index contributed by atoms with van der Waals surface area (Å²) in [6.45, 7) is 0. The van der Waals surface area contributed by atoms with Crippen LogP contribution in [0.15, 0.2) is 224 Å². The number of benzene rings is 10. The molecule has 1 heterocycles. The monoisotopic (exact) mass is 755 g/mol. The third-order valence-corrected chi connectivity index (χ3v) is 12.6. The second-order valence-corrected chi connectivity index (χ2v) is 16.0. The van der Waals surface area contributed by atoms with Crippen LogP contribution in [0, 0.1) is 0 Å². The molecule has 2 heteroatoms. The Labute approximate surface area is 342 Å². The number of anilines is 3. The average molecular weight is 756 g/mol. The lowest BCUT2D eigenvalue weighted by molar-refractivity contribution is 1.28. The summed E-state index contributed by atoms with van der Waals surface area (Å²) in [5.41, 5.74) is 13.0. The van der Waals surface area contributed by atoms with Crippen molar-refractivity contribution in [3.8, 4) is 44.5 Å². The van der Waals surface area contributed by atoms with Gasteiger partial charge in [0.15, 0.2) is 0 Å². The van der Waals surface area contributed by atoms with Gasteiger partial charge in [-0.2, -0.15) is 0 Å². The fraction of sp³-hybridized carbons (Fsp3) is 0. The first kappa shape index (κ1) is 34.0. The van der Waals surface area contributed by atoms with Crippen LogP contribution in [0.2, 0.25) is 0 Å². The first-order valence-corrected chi connectivity index (χ1v) is 20.6. The molecule has 0 amide bonds. The van der Waals surface area contributed by atoms with Crippen LogP contribution in [0.1, 0.15) is 0 Å². The number of hydrogen-bond acceptors (Lipinski definition) is 2. The maximum Gasteiger partial charge on any atom is 0.0462 e. The van der Waals surface area contributed by atoms with Crippen molar-refractivity contribution >= 4 is 70.1 Å². The molecule has 10 aromatic carbocycles. The smallest absolute Gasteiger partial charge is 0.0462 e. The number of rotatable bonds is 7. The average Bonchev–Trinajstić information content (AvgIpc) is 3.69. The van der Waals surface area contributed by atoms with E-state index in [1.54, 1.807) is 0 Å². The normalized spacial score (nSPS) is 11.4. The van der Waals surface area contributed by atoms with Crippen molar-refractivity contribution in [2.45, 2.75) is 0 Å². The van der Waals surface area contributed by atoms with Crippen LogP contribution in [0.5, 0.6) is 0 Å². The summed E-state index contributed by atoms with van der Waals surface area (Å²) in [7, 11) is 0. The maximum atomic E-state index is 2.36. The Bertz CT molecular complexity index is 3270. The van der Waals surface area contributed by atoms with E-state index in [1.165, 1.54) is 86.2 Å². The molecule has 0 fully saturated rings. The molecular formula is C56H37NS. The Morgan fingerprint density at radius 3 is 1.31 bits per heavy atom. The summed E-state index contributed by atoms with van der Waals surface area (Å²) in [6.07, 6.45) is 0. The van der Waals surface area contributed by atoms with Crippen molar-refractivity contribution in [3.05, 3.63) is 224 Å². The summed E-state index contributed by atoms with van der Waals surface area (Å²) in [5, 5.41) is 7.67. The number of fused-ring (bicyclic) bond motifs is 5. The van der Waals surface area contributed by atoms with Gasteiger partial charge in [-0.05, 0) is 133 Å². The summed E-state index contributed by atoms with van der Waals surface area (Å²) in [4.78, 5) is 2.36. The maximum absolute atomic E-state index is 2.36. The highest BCUT2D eigenvalue weighted by Gasteiger charge is 2.16. The minimum absolute atomic E-state index is 1.10. The fourth-order valence-corrected chi connectivity index (χ4v) is 9.61. The topological polar surface area (TPSA) is 3.24 Å². The summed E-state index contributed by atoms with van der Waals surface area (Å²) in [6, 6.07) is 81.9. The van der Waals surface area contributed by atoms with Gasteiger partial charge in [-0.1, -0.05) is 158 Å². The van der Waals surface area contributed by atoms with E-state index in [1.807, 2.05) is 11.3 Å². The molecule has 11 aromatic rings. The predicted octanol–water partition coefficient (Wildman–Crippen LogP) is 16.5. The lowest BCUT2D eigenvalue weighted by atomic mass is 9.97. The van der Waals surface area contributed by atoms with Crippen molar-refractivity contribution in [2.75, 3.05) is 4.90 Å². The number of thiophene rings is 1. The van der Waals surface area contributed by atoms with Gasteiger partial charge in [-0.15, -0.1) is 11.3 Å². The van der Waals surface area contributed by atoms with E-state index < -0.39 is 0 Å². The molecule has 0 radical (unpaired) electrons. The molecule has 0 aliphatic heterocycles. The van der Waals surface area contributed by atoms with Crippen LogP contribution < -0.4 is 4.90 Å². The van der Waals surface area contributed by atoms with Gasteiger partial charge in [0, 0.05) is 37.2 Å². The van der Waals surface area contributed by atoms with E-state index in [2.05, 4.69) is 229 Å². The fourth-order valence-electron chi connectivity index (χ4n) is 8.47. The molecule has 0 saturated heterocycles. The van der Waals surface area contributed by atoms with Crippen molar-refractivity contribution in [3.63, 3.8) is 0 Å². The molecule has 0 unspecified atom stereocenters. The zero-order chi connectivity index (χ0) is 38.4. The standard InChI is InChI=1S/C56H37NS/c1-3-11-43-36-47(21-19-38(43)9-1)41-25-31-50(32-26-41)57(51-33-27-42(28-34-51)52-16-8-18-55-56(52)53-15-5-6-17-54(53)58-55)49-29-23-40(24-30-49)45-13-7-14-46(35-45)48-22-20-39-10-2-4-12-44(39)37-48/h1-37H. The van der Waals surface area contributed by atoms with E-state index in [9.17, 15) is 0 Å². The minimum atomic E-state index is 1.10. The highest BCUT2D eigenvalue weighted by molar-refractivity contribution is 7.25. The van der Waals surface area contributed by atoms with Crippen LogP contribution in [0.3, 0.4) is 0 Å². The second kappa shape index (κ2) is 14.4. The largest absolute Gasteiger partial charge is 0.311 e. The quantitative estimate of drug-likeness (QED) is 0.157. The van der Waals surface area contributed by atoms with Gasteiger partial charge >= 0.3 is 0 Å². The van der Waals surface area contributed by atoms with Gasteiger partial charge in [0.25, 0.3) is 0 Å². The Hall–Kier alpha value is -7.26. The Morgan fingerprint density at radius 2 is 0.707 bits per heavy atom. The molecule has 0 saturated carbocycles.